The summed E-state index contributed by atoms with van der Waals surface area (Å²) in [5.41, 5.74) is 0.997. The van der Waals surface area contributed by atoms with Gasteiger partial charge in [0.2, 0.25) is 0 Å². The average molecular weight is 298 g/mol. The van der Waals surface area contributed by atoms with Gasteiger partial charge in [0.15, 0.2) is 0 Å². The Morgan fingerprint density at radius 3 is 2.94 bits per heavy atom. The van der Waals surface area contributed by atoms with E-state index in [0.29, 0.717) is 4.47 Å². The third kappa shape index (κ3) is 3.93. The second-order valence-corrected chi connectivity index (χ2v) is 5.38. The molecule has 0 saturated carbocycles. The van der Waals surface area contributed by atoms with Gasteiger partial charge >= 0.3 is 0 Å². The van der Waals surface area contributed by atoms with Gasteiger partial charge in [-0.25, -0.2) is 4.39 Å². The van der Waals surface area contributed by atoms with Gasteiger partial charge in [-0.15, -0.1) is 0 Å². The Kier molecular flexibility index (Phi) is 4.75. The molecule has 0 spiro atoms. The van der Waals surface area contributed by atoms with Crippen molar-refractivity contribution < 1.29 is 4.39 Å². The minimum atomic E-state index is -0.190. The zero-order valence-electron chi connectivity index (χ0n) is 9.76. The Morgan fingerprint density at radius 1 is 1.35 bits per heavy atom. The minimum absolute atomic E-state index is 0.190. The molecule has 1 atom stereocenters. The van der Waals surface area contributed by atoms with Crippen molar-refractivity contribution in [1.82, 2.24) is 5.32 Å². The van der Waals surface area contributed by atoms with Crippen LogP contribution in [0.2, 0.25) is 0 Å². The van der Waals surface area contributed by atoms with Gasteiger partial charge in [-0.05, 0) is 65.4 Å². The van der Waals surface area contributed by atoms with E-state index in [9.17, 15) is 4.39 Å². The van der Waals surface area contributed by atoms with Gasteiger partial charge in [-0.1, -0.05) is 18.2 Å². The molecular weight excluding hydrogens is 281 g/mol. The van der Waals surface area contributed by atoms with E-state index in [1.165, 1.54) is 19.3 Å². The van der Waals surface area contributed by atoms with Crippen LogP contribution in [0.4, 0.5) is 4.39 Å². The van der Waals surface area contributed by atoms with Gasteiger partial charge in [0.25, 0.3) is 0 Å². The van der Waals surface area contributed by atoms with Crippen molar-refractivity contribution in [2.24, 2.45) is 5.92 Å². The maximum absolute atomic E-state index is 13.3. The van der Waals surface area contributed by atoms with Gasteiger partial charge in [-0.2, -0.15) is 0 Å². The standard InChI is InChI=1S/C14H17BrFN/c15-13-7-6-12(8-14(13)16)10-17-9-11-4-2-1-3-5-11/h1-2,6-8,11,17H,3-5,9-10H2. The van der Waals surface area contributed by atoms with E-state index in [0.717, 1.165) is 24.6 Å². The van der Waals surface area contributed by atoms with Gasteiger partial charge in [0.05, 0.1) is 4.47 Å². The lowest BCUT2D eigenvalue weighted by molar-refractivity contribution is 0.440. The molecule has 92 valence electrons. The van der Waals surface area contributed by atoms with Crippen molar-refractivity contribution >= 4 is 15.9 Å². The molecule has 0 amide bonds. The molecule has 0 aromatic heterocycles. The molecule has 1 aliphatic carbocycles. The number of rotatable bonds is 4. The van der Waals surface area contributed by atoms with Crippen LogP contribution in [-0.2, 0) is 6.54 Å². The van der Waals surface area contributed by atoms with Gasteiger partial charge in [0, 0.05) is 6.54 Å². The Labute approximate surface area is 110 Å². The number of hydrogen-bond acceptors (Lipinski definition) is 1. The molecule has 0 fully saturated rings. The number of halogens is 2. The molecule has 1 aliphatic rings. The summed E-state index contributed by atoms with van der Waals surface area (Å²) in [6.45, 7) is 1.76. The van der Waals surface area contributed by atoms with Crippen molar-refractivity contribution in [3.05, 3.63) is 46.2 Å². The second kappa shape index (κ2) is 6.31. The first kappa shape index (κ1) is 12.8. The molecule has 0 saturated heterocycles. The molecule has 1 unspecified atom stereocenters. The highest BCUT2D eigenvalue weighted by molar-refractivity contribution is 9.10. The summed E-state index contributed by atoms with van der Waals surface area (Å²) in [4.78, 5) is 0. The number of allylic oxidation sites excluding steroid dienone is 2. The number of benzene rings is 1. The summed E-state index contributed by atoms with van der Waals surface area (Å²) in [6, 6.07) is 5.29. The lowest BCUT2D eigenvalue weighted by Crippen LogP contribution is -2.23. The van der Waals surface area contributed by atoms with Crippen molar-refractivity contribution in [2.75, 3.05) is 6.54 Å². The van der Waals surface area contributed by atoms with Crippen molar-refractivity contribution in [1.29, 1.82) is 0 Å². The fourth-order valence-electron chi connectivity index (χ4n) is 2.11. The smallest absolute Gasteiger partial charge is 0.137 e. The fourth-order valence-corrected chi connectivity index (χ4v) is 2.36. The van der Waals surface area contributed by atoms with E-state index < -0.39 is 0 Å². The van der Waals surface area contributed by atoms with E-state index in [1.54, 1.807) is 12.1 Å². The minimum Gasteiger partial charge on any atom is -0.312 e. The number of nitrogens with one attached hydrogen (secondary N) is 1. The van der Waals surface area contributed by atoms with Crippen LogP contribution in [0.5, 0.6) is 0 Å². The fraction of sp³-hybridized carbons (Fsp3) is 0.429. The molecule has 1 nitrogen and oxygen atoms in total. The highest BCUT2D eigenvalue weighted by Gasteiger charge is 2.09. The van der Waals surface area contributed by atoms with Crippen LogP contribution in [0, 0.1) is 11.7 Å². The Hall–Kier alpha value is -0.670. The molecule has 1 aromatic rings. The number of hydrogen-bond donors (Lipinski definition) is 1. The Bertz CT molecular complexity index is 403. The first-order valence-corrected chi connectivity index (χ1v) is 6.84. The van der Waals surface area contributed by atoms with Crippen LogP contribution in [-0.4, -0.2) is 6.54 Å². The average Bonchev–Trinajstić information content (AvgIpc) is 2.35. The summed E-state index contributed by atoms with van der Waals surface area (Å²) in [5, 5.41) is 3.40. The summed E-state index contributed by atoms with van der Waals surface area (Å²) in [7, 11) is 0. The molecule has 1 aromatic carbocycles. The Balaban J connectivity index is 1.77. The quantitative estimate of drug-likeness (QED) is 0.827. The Morgan fingerprint density at radius 2 is 2.24 bits per heavy atom. The van der Waals surface area contributed by atoms with Crippen LogP contribution in [0.3, 0.4) is 0 Å². The second-order valence-electron chi connectivity index (χ2n) is 4.53. The summed E-state index contributed by atoms with van der Waals surface area (Å²) in [5.74, 6) is 0.546. The molecule has 0 aliphatic heterocycles. The van der Waals surface area contributed by atoms with E-state index in [1.807, 2.05) is 6.07 Å². The van der Waals surface area contributed by atoms with Gasteiger partial charge < -0.3 is 5.32 Å². The highest BCUT2D eigenvalue weighted by Crippen LogP contribution is 2.18. The SMILES string of the molecule is Fc1cc(CNCC2CC=CCC2)ccc1Br. The van der Waals surface area contributed by atoms with Crippen LogP contribution < -0.4 is 5.32 Å². The molecule has 0 radical (unpaired) electrons. The first-order valence-electron chi connectivity index (χ1n) is 6.05. The molecule has 0 heterocycles. The third-order valence-electron chi connectivity index (χ3n) is 3.12. The summed E-state index contributed by atoms with van der Waals surface area (Å²) in [6.07, 6.45) is 8.13. The third-order valence-corrected chi connectivity index (χ3v) is 3.77. The van der Waals surface area contributed by atoms with Crippen LogP contribution in [0.1, 0.15) is 24.8 Å². The molecule has 1 N–H and O–H groups in total. The molecular formula is C14H17BrFN. The normalized spacial score (nSPS) is 19.5. The highest BCUT2D eigenvalue weighted by atomic mass is 79.9. The van der Waals surface area contributed by atoms with Gasteiger partial charge in [0.1, 0.15) is 5.82 Å². The molecule has 3 heteroatoms. The van der Waals surface area contributed by atoms with E-state index in [-0.39, 0.29) is 5.82 Å². The predicted octanol–water partition coefficient (Wildman–Crippen LogP) is 4.03. The first-order chi connectivity index (χ1) is 8.25. The maximum Gasteiger partial charge on any atom is 0.137 e. The van der Waals surface area contributed by atoms with Crippen LogP contribution in [0.15, 0.2) is 34.8 Å². The molecule has 2 rings (SSSR count). The van der Waals surface area contributed by atoms with Gasteiger partial charge in [-0.3, -0.25) is 0 Å². The van der Waals surface area contributed by atoms with Crippen molar-refractivity contribution in [3.63, 3.8) is 0 Å². The largest absolute Gasteiger partial charge is 0.312 e. The van der Waals surface area contributed by atoms with E-state index in [4.69, 9.17) is 0 Å². The predicted molar refractivity (Wildman–Crippen MR) is 72.3 cm³/mol. The lowest BCUT2D eigenvalue weighted by Gasteiger charge is -2.18. The monoisotopic (exact) mass is 297 g/mol. The molecule has 17 heavy (non-hydrogen) atoms. The van der Waals surface area contributed by atoms with Crippen molar-refractivity contribution in [2.45, 2.75) is 25.8 Å². The van der Waals surface area contributed by atoms with E-state index in [2.05, 4.69) is 33.4 Å². The summed E-state index contributed by atoms with van der Waals surface area (Å²) >= 11 is 3.16. The van der Waals surface area contributed by atoms with Crippen LogP contribution >= 0.6 is 15.9 Å². The topological polar surface area (TPSA) is 12.0 Å². The summed E-state index contributed by atoms with van der Waals surface area (Å²) < 4.78 is 13.8. The van der Waals surface area contributed by atoms with Crippen LogP contribution in [0.25, 0.3) is 0 Å². The van der Waals surface area contributed by atoms with E-state index >= 15 is 0 Å². The molecule has 0 bridgehead atoms. The zero-order chi connectivity index (χ0) is 12.1. The zero-order valence-corrected chi connectivity index (χ0v) is 11.3. The maximum atomic E-state index is 13.3. The van der Waals surface area contributed by atoms with Crippen molar-refractivity contribution in [3.8, 4) is 0 Å². The lowest BCUT2D eigenvalue weighted by atomic mass is 9.94.